The Kier molecular flexibility index (Phi) is 6.28. The lowest BCUT2D eigenvalue weighted by Gasteiger charge is -2.16. The quantitative estimate of drug-likeness (QED) is 0.267. The summed E-state index contributed by atoms with van der Waals surface area (Å²) < 4.78 is 3.17. The molecule has 4 nitrogen and oxygen atoms in total. The van der Waals surface area contributed by atoms with Crippen LogP contribution >= 0.6 is 15.9 Å². The Morgan fingerprint density at radius 1 is 0.912 bits per heavy atom. The highest BCUT2D eigenvalue weighted by Gasteiger charge is 2.17. The lowest BCUT2D eigenvalue weighted by atomic mass is 10.1. The number of benzene rings is 4. The summed E-state index contributed by atoms with van der Waals surface area (Å²) in [6, 6.07) is 34.0. The van der Waals surface area contributed by atoms with Crippen molar-refractivity contribution in [1.29, 1.82) is 0 Å². The maximum absolute atomic E-state index is 13.2. The maximum atomic E-state index is 13.2. The van der Waals surface area contributed by atoms with Crippen molar-refractivity contribution < 1.29 is 4.79 Å². The molecular formula is C29H24BrN3O. The van der Waals surface area contributed by atoms with Gasteiger partial charge in [-0.05, 0) is 42.3 Å². The number of rotatable bonds is 6. The minimum Gasteiger partial charge on any atom is -0.345 e. The summed E-state index contributed by atoms with van der Waals surface area (Å²) in [5, 5.41) is 3.13. The van der Waals surface area contributed by atoms with Gasteiger partial charge in [-0.1, -0.05) is 94.8 Å². The minimum atomic E-state index is -0.132. The summed E-state index contributed by atoms with van der Waals surface area (Å²) in [5.41, 5.74) is 5.67. The average molecular weight is 510 g/mol. The topological polar surface area (TPSA) is 46.9 Å². The summed E-state index contributed by atoms with van der Waals surface area (Å²) >= 11 is 3.58. The van der Waals surface area contributed by atoms with E-state index < -0.39 is 0 Å². The molecule has 1 heterocycles. The van der Waals surface area contributed by atoms with E-state index >= 15 is 0 Å². The van der Waals surface area contributed by atoms with E-state index in [0.717, 1.165) is 32.5 Å². The lowest BCUT2D eigenvalue weighted by Crippen LogP contribution is -2.26. The second-order valence-corrected chi connectivity index (χ2v) is 9.15. The van der Waals surface area contributed by atoms with Gasteiger partial charge < -0.3 is 9.88 Å². The van der Waals surface area contributed by atoms with Crippen LogP contribution in [0.2, 0.25) is 0 Å². The van der Waals surface area contributed by atoms with Gasteiger partial charge in [0.1, 0.15) is 5.82 Å². The Bertz CT molecular complexity index is 1440. The van der Waals surface area contributed by atoms with Crippen LogP contribution in [0, 0.1) is 0 Å². The molecule has 0 bridgehead atoms. The summed E-state index contributed by atoms with van der Waals surface area (Å²) in [6.45, 7) is 2.66. The van der Waals surface area contributed by atoms with E-state index in [-0.39, 0.29) is 11.9 Å². The molecule has 1 aromatic heterocycles. The van der Waals surface area contributed by atoms with Gasteiger partial charge in [-0.15, -0.1) is 0 Å². The van der Waals surface area contributed by atoms with E-state index in [2.05, 4.69) is 50.1 Å². The zero-order valence-corrected chi connectivity index (χ0v) is 20.4. The molecule has 0 radical (unpaired) electrons. The normalized spacial score (nSPS) is 11.9. The largest absolute Gasteiger partial charge is 0.345 e. The molecule has 0 saturated carbocycles. The standard InChI is InChI=1S/C29H24BrN3O/c1-20(24-14-8-9-15-25(24)30)31-29(34)23-16-17-26-27(18-23)33(19-21-10-4-2-5-11-21)28(32-26)22-12-6-3-7-13-22/h2-18,20H,19H2,1H3,(H,31,34). The molecule has 0 aliphatic heterocycles. The van der Waals surface area contributed by atoms with E-state index in [1.807, 2.05) is 85.8 Å². The van der Waals surface area contributed by atoms with E-state index in [9.17, 15) is 4.79 Å². The van der Waals surface area contributed by atoms with Crippen molar-refractivity contribution in [2.24, 2.45) is 0 Å². The highest BCUT2D eigenvalue weighted by Crippen LogP contribution is 2.28. The smallest absolute Gasteiger partial charge is 0.251 e. The van der Waals surface area contributed by atoms with Crippen molar-refractivity contribution >= 4 is 32.9 Å². The third-order valence-corrected chi connectivity index (χ3v) is 6.67. The first-order valence-electron chi connectivity index (χ1n) is 11.2. The molecule has 0 aliphatic carbocycles. The number of carbonyl (C=O) groups excluding carboxylic acids is 1. The number of nitrogens with zero attached hydrogens (tertiary/aromatic N) is 2. The van der Waals surface area contributed by atoms with Crippen molar-refractivity contribution in [3.05, 3.63) is 124 Å². The maximum Gasteiger partial charge on any atom is 0.251 e. The van der Waals surface area contributed by atoms with Crippen LogP contribution in [0.4, 0.5) is 0 Å². The molecule has 0 saturated heterocycles. The molecule has 5 aromatic rings. The predicted octanol–water partition coefficient (Wildman–Crippen LogP) is 7.01. The lowest BCUT2D eigenvalue weighted by molar-refractivity contribution is 0.0940. The molecule has 1 amide bonds. The fraction of sp³-hybridized carbons (Fsp3) is 0.103. The molecule has 5 rings (SSSR count). The van der Waals surface area contributed by atoms with Gasteiger partial charge in [0.25, 0.3) is 5.91 Å². The van der Waals surface area contributed by atoms with Gasteiger partial charge >= 0.3 is 0 Å². The number of fused-ring (bicyclic) bond motifs is 1. The fourth-order valence-corrected chi connectivity index (χ4v) is 4.81. The van der Waals surface area contributed by atoms with Gasteiger partial charge in [0.2, 0.25) is 0 Å². The van der Waals surface area contributed by atoms with Gasteiger partial charge in [0, 0.05) is 22.1 Å². The highest BCUT2D eigenvalue weighted by atomic mass is 79.9. The number of imidazole rings is 1. The monoisotopic (exact) mass is 509 g/mol. The van der Waals surface area contributed by atoms with Crippen molar-refractivity contribution in [3.63, 3.8) is 0 Å². The third kappa shape index (κ3) is 4.52. The molecular weight excluding hydrogens is 486 g/mol. The highest BCUT2D eigenvalue weighted by molar-refractivity contribution is 9.10. The van der Waals surface area contributed by atoms with E-state index in [4.69, 9.17) is 4.98 Å². The van der Waals surface area contributed by atoms with Gasteiger partial charge in [0.15, 0.2) is 0 Å². The fourth-order valence-electron chi connectivity index (χ4n) is 4.18. The number of hydrogen-bond acceptors (Lipinski definition) is 2. The number of aromatic nitrogens is 2. The molecule has 5 heteroatoms. The Balaban J connectivity index is 1.53. The number of amides is 1. The number of carbonyl (C=O) groups is 1. The van der Waals surface area contributed by atoms with Crippen LogP contribution in [0.25, 0.3) is 22.4 Å². The van der Waals surface area contributed by atoms with Crippen molar-refractivity contribution in [2.75, 3.05) is 0 Å². The average Bonchev–Trinajstić information content (AvgIpc) is 3.23. The Morgan fingerprint density at radius 3 is 2.32 bits per heavy atom. The van der Waals surface area contributed by atoms with E-state index in [1.165, 1.54) is 5.56 Å². The molecule has 0 aliphatic rings. The van der Waals surface area contributed by atoms with Crippen LogP contribution < -0.4 is 5.32 Å². The van der Waals surface area contributed by atoms with Gasteiger partial charge in [0.05, 0.1) is 17.1 Å². The second kappa shape index (κ2) is 9.65. The van der Waals surface area contributed by atoms with E-state index in [0.29, 0.717) is 12.1 Å². The van der Waals surface area contributed by atoms with Gasteiger partial charge in [-0.25, -0.2) is 4.98 Å². The van der Waals surface area contributed by atoms with Crippen molar-refractivity contribution in [2.45, 2.75) is 19.5 Å². The minimum absolute atomic E-state index is 0.112. The molecule has 0 spiro atoms. The van der Waals surface area contributed by atoms with Gasteiger partial charge in [-0.2, -0.15) is 0 Å². The molecule has 1 N–H and O–H groups in total. The summed E-state index contributed by atoms with van der Waals surface area (Å²) in [7, 11) is 0. The zero-order valence-electron chi connectivity index (χ0n) is 18.8. The second-order valence-electron chi connectivity index (χ2n) is 8.29. The molecule has 168 valence electrons. The Morgan fingerprint density at radius 2 is 1.59 bits per heavy atom. The molecule has 0 fully saturated rings. The van der Waals surface area contributed by atoms with Crippen LogP contribution in [-0.2, 0) is 6.54 Å². The molecule has 34 heavy (non-hydrogen) atoms. The van der Waals surface area contributed by atoms with Gasteiger partial charge in [-0.3, -0.25) is 4.79 Å². The molecule has 4 aromatic carbocycles. The van der Waals surface area contributed by atoms with Crippen LogP contribution in [-0.4, -0.2) is 15.5 Å². The van der Waals surface area contributed by atoms with Crippen LogP contribution in [0.3, 0.4) is 0 Å². The predicted molar refractivity (Wildman–Crippen MR) is 141 cm³/mol. The zero-order chi connectivity index (χ0) is 23.5. The first-order valence-corrected chi connectivity index (χ1v) is 12.0. The van der Waals surface area contributed by atoms with Crippen molar-refractivity contribution in [1.82, 2.24) is 14.9 Å². The molecule has 1 unspecified atom stereocenters. The van der Waals surface area contributed by atoms with Crippen molar-refractivity contribution in [3.8, 4) is 11.4 Å². The van der Waals surface area contributed by atoms with Crippen LogP contribution in [0.1, 0.15) is 34.5 Å². The summed E-state index contributed by atoms with van der Waals surface area (Å²) in [6.07, 6.45) is 0. The first-order chi connectivity index (χ1) is 16.6. The van der Waals surface area contributed by atoms with E-state index in [1.54, 1.807) is 0 Å². The number of nitrogens with one attached hydrogen (secondary N) is 1. The summed E-state index contributed by atoms with van der Waals surface area (Å²) in [4.78, 5) is 18.1. The molecule has 1 atom stereocenters. The first kappa shape index (κ1) is 22.1. The third-order valence-electron chi connectivity index (χ3n) is 5.95. The van der Waals surface area contributed by atoms with Crippen LogP contribution in [0.15, 0.2) is 108 Å². The van der Waals surface area contributed by atoms with Crippen LogP contribution in [0.5, 0.6) is 0 Å². The number of halogens is 1. The Labute approximate surface area is 207 Å². The summed E-state index contributed by atoms with van der Waals surface area (Å²) in [5.74, 6) is 0.775. The SMILES string of the molecule is CC(NC(=O)c1ccc2nc(-c3ccccc3)n(Cc3ccccc3)c2c1)c1ccccc1Br. The Hall–Kier alpha value is -3.70. The number of hydrogen-bond donors (Lipinski definition) is 1.